The predicted octanol–water partition coefficient (Wildman–Crippen LogP) is 4.54. The molecule has 1 saturated heterocycles. The molecule has 0 atom stereocenters. The number of nitrogens with zero attached hydrogens (tertiary/aromatic N) is 2. The van der Waals surface area contributed by atoms with Crippen LogP contribution in [0.3, 0.4) is 0 Å². The molecule has 0 saturated carbocycles. The molecule has 2 aromatic rings. The Morgan fingerprint density at radius 2 is 1.90 bits per heavy atom. The zero-order valence-corrected chi connectivity index (χ0v) is 18.2. The van der Waals surface area contributed by atoms with Crippen molar-refractivity contribution < 1.29 is 9.59 Å². The first kappa shape index (κ1) is 21.7. The fourth-order valence-electron chi connectivity index (χ4n) is 3.90. The minimum atomic E-state index is -0.117. The van der Waals surface area contributed by atoms with Crippen molar-refractivity contribution in [2.24, 2.45) is 0 Å². The van der Waals surface area contributed by atoms with E-state index in [-0.39, 0.29) is 11.8 Å². The molecule has 2 amide bonds. The molecule has 0 radical (unpaired) electrons. The minimum Gasteiger partial charge on any atom is -0.384 e. The summed E-state index contributed by atoms with van der Waals surface area (Å²) in [5.74, 6) is -0.00518. The van der Waals surface area contributed by atoms with Crippen molar-refractivity contribution in [3.63, 3.8) is 0 Å². The lowest BCUT2D eigenvalue weighted by Crippen LogP contribution is -2.30. The van der Waals surface area contributed by atoms with Crippen molar-refractivity contribution in [2.75, 3.05) is 41.3 Å². The predicted molar refractivity (Wildman–Crippen MR) is 124 cm³/mol. The van der Waals surface area contributed by atoms with Crippen molar-refractivity contribution >= 4 is 34.6 Å². The van der Waals surface area contributed by atoms with Gasteiger partial charge in [0.1, 0.15) is 0 Å². The average Bonchev–Trinajstić information content (AvgIpc) is 3.20. The molecule has 0 unspecified atom stereocenters. The molecule has 3 rings (SSSR count). The molecule has 30 heavy (non-hydrogen) atoms. The number of benzene rings is 2. The highest BCUT2D eigenvalue weighted by molar-refractivity contribution is 6.07. The molecule has 0 bridgehead atoms. The van der Waals surface area contributed by atoms with E-state index in [4.69, 9.17) is 0 Å². The molecule has 1 fully saturated rings. The fourth-order valence-corrected chi connectivity index (χ4v) is 3.90. The van der Waals surface area contributed by atoms with Crippen LogP contribution in [0.15, 0.2) is 42.5 Å². The lowest BCUT2D eigenvalue weighted by Gasteiger charge is -2.30. The summed E-state index contributed by atoms with van der Waals surface area (Å²) in [6.45, 7) is 8.87. The van der Waals surface area contributed by atoms with Crippen LogP contribution in [0.4, 0.5) is 22.7 Å². The molecule has 1 heterocycles. The van der Waals surface area contributed by atoms with Crippen molar-refractivity contribution in [3.8, 4) is 0 Å². The van der Waals surface area contributed by atoms with Gasteiger partial charge in [-0.05, 0) is 51.0 Å². The highest BCUT2D eigenvalue weighted by atomic mass is 16.2. The van der Waals surface area contributed by atoms with Crippen LogP contribution in [0.25, 0.3) is 0 Å². The number of hydrogen-bond acceptors (Lipinski definition) is 4. The summed E-state index contributed by atoms with van der Waals surface area (Å²) < 4.78 is 0. The largest absolute Gasteiger partial charge is 0.384 e. The second-order valence-electron chi connectivity index (χ2n) is 7.40. The first-order valence-electron chi connectivity index (χ1n) is 10.9. The molecular formula is C24H32N4O2. The van der Waals surface area contributed by atoms with Gasteiger partial charge >= 0.3 is 0 Å². The molecule has 1 aliphatic rings. The second-order valence-corrected chi connectivity index (χ2v) is 7.40. The van der Waals surface area contributed by atoms with E-state index in [1.165, 1.54) is 0 Å². The zero-order valence-electron chi connectivity index (χ0n) is 18.2. The van der Waals surface area contributed by atoms with Crippen LogP contribution < -0.4 is 20.4 Å². The number of carbonyl (C=O) groups is 2. The Labute approximate surface area is 179 Å². The molecule has 0 spiro atoms. The molecule has 2 aromatic carbocycles. The Morgan fingerprint density at radius 1 is 1.13 bits per heavy atom. The van der Waals surface area contributed by atoms with Crippen molar-refractivity contribution in [2.45, 2.75) is 40.0 Å². The van der Waals surface area contributed by atoms with Crippen LogP contribution in [0.1, 0.15) is 50.4 Å². The van der Waals surface area contributed by atoms with Gasteiger partial charge in [-0.1, -0.05) is 25.1 Å². The van der Waals surface area contributed by atoms with Gasteiger partial charge in [-0.3, -0.25) is 9.59 Å². The van der Waals surface area contributed by atoms with E-state index in [0.717, 1.165) is 35.6 Å². The van der Waals surface area contributed by atoms with Crippen LogP contribution in [0, 0.1) is 0 Å². The summed E-state index contributed by atoms with van der Waals surface area (Å²) in [6, 6.07) is 14.0. The van der Waals surface area contributed by atoms with Gasteiger partial charge in [0.2, 0.25) is 5.91 Å². The Balaban J connectivity index is 2.18. The van der Waals surface area contributed by atoms with E-state index >= 15 is 0 Å². The number of hydrogen-bond donors (Lipinski definition) is 2. The fraction of sp³-hybridized carbons (Fsp3) is 0.417. The van der Waals surface area contributed by atoms with Gasteiger partial charge in [-0.15, -0.1) is 0 Å². The van der Waals surface area contributed by atoms with Gasteiger partial charge in [-0.2, -0.15) is 0 Å². The number of rotatable bonds is 9. The monoisotopic (exact) mass is 408 g/mol. The second kappa shape index (κ2) is 10.1. The van der Waals surface area contributed by atoms with Gasteiger partial charge in [-0.25, -0.2) is 0 Å². The number of anilines is 4. The van der Waals surface area contributed by atoms with E-state index in [2.05, 4.69) is 22.5 Å². The van der Waals surface area contributed by atoms with Crippen LogP contribution in [-0.4, -0.2) is 38.0 Å². The third kappa shape index (κ3) is 4.58. The van der Waals surface area contributed by atoms with Crippen LogP contribution in [0.2, 0.25) is 0 Å². The Morgan fingerprint density at radius 3 is 2.50 bits per heavy atom. The maximum Gasteiger partial charge on any atom is 0.253 e. The van der Waals surface area contributed by atoms with Crippen LogP contribution in [-0.2, 0) is 4.79 Å². The summed E-state index contributed by atoms with van der Waals surface area (Å²) in [5.41, 5.74) is 4.09. The van der Waals surface area contributed by atoms with Crippen molar-refractivity contribution in [1.82, 2.24) is 5.32 Å². The first-order valence-corrected chi connectivity index (χ1v) is 10.9. The number of nitrogens with one attached hydrogen (secondary N) is 2. The van der Waals surface area contributed by atoms with Crippen molar-refractivity contribution in [3.05, 3.63) is 48.0 Å². The van der Waals surface area contributed by atoms with E-state index < -0.39 is 0 Å². The third-order valence-electron chi connectivity index (χ3n) is 5.28. The molecular weight excluding hydrogens is 376 g/mol. The van der Waals surface area contributed by atoms with E-state index in [0.29, 0.717) is 38.2 Å². The summed E-state index contributed by atoms with van der Waals surface area (Å²) in [6.07, 6.45) is 2.27. The maximum absolute atomic E-state index is 13.2. The average molecular weight is 409 g/mol. The summed E-state index contributed by atoms with van der Waals surface area (Å²) in [4.78, 5) is 29.5. The van der Waals surface area contributed by atoms with Gasteiger partial charge < -0.3 is 20.4 Å². The molecule has 6 nitrogen and oxygen atoms in total. The van der Waals surface area contributed by atoms with E-state index in [9.17, 15) is 9.59 Å². The highest BCUT2D eigenvalue weighted by Gasteiger charge is 2.27. The summed E-state index contributed by atoms with van der Waals surface area (Å²) in [7, 11) is 0. The van der Waals surface area contributed by atoms with E-state index in [1.54, 1.807) is 4.90 Å². The van der Waals surface area contributed by atoms with Gasteiger partial charge in [0, 0.05) is 44.0 Å². The number of carbonyl (C=O) groups excluding carboxylic acids is 2. The zero-order chi connectivity index (χ0) is 21.5. The van der Waals surface area contributed by atoms with Crippen molar-refractivity contribution in [1.29, 1.82) is 0 Å². The van der Waals surface area contributed by atoms with Crippen LogP contribution in [0.5, 0.6) is 0 Å². The number of para-hydroxylation sites is 1. The highest BCUT2D eigenvalue weighted by Crippen LogP contribution is 2.39. The Hall–Kier alpha value is -3.02. The molecule has 0 aliphatic carbocycles. The normalized spacial score (nSPS) is 13.4. The van der Waals surface area contributed by atoms with E-state index in [1.807, 2.05) is 56.3 Å². The smallest absolute Gasteiger partial charge is 0.253 e. The maximum atomic E-state index is 13.2. The Kier molecular flexibility index (Phi) is 7.33. The number of amides is 2. The third-order valence-corrected chi connectivity index (χ3v) is 5.28. The topological polar surface area (TPSA) is 64.7 Å². The molecule has 2 N–H and O–H groups in total. The molecule has 160 valence electrons. The lowest BCUT2D eigenvalue weighted by molar-refractivity contribution is -0.117. The molecule has 6 heteroatoms. The first-order chi connectivity index (χ1) is 14.6. The minimum absolute atomic E-state index is 0.112. The lowest BCUT2D eigenvalue weighted by atomic mass is 10.1. The molecule has 0 aromatic heterocycles. The Bertz CT molecular complexity index is 882. The summed E-state index contributed by atoms with van der Waals surface area (Å²) in [5, 5.41) is 6.45. The van der Waals surface area contributed by atoms with Crippen LogP contribution >= 0.6 is 0 Å². The quantitative estimate of drug-likeness (QED) is 0.639. The standard InChI is InChI=1S/C24H32N4O2/c1-4-14-26-24(30)20-16-19(28-15-10-13-22(28)29)17-21(25-5-2)23(20)27(6-3)18-11-8-7-9-12-18/h7-9,11-12,16-17,25H,4-6,10,13-15H2,1-3H3,(H,26,30). The van der Waals surface area contributed by atoms with Gasteiger partial charge in [0.25, 0.3) is 5.91 Å². The molecule has 1 aliphatic heterocycles. The van der Waals surface area contributed by atoms with Gasteiger partial charge in [0.15, 0.2) is 0 Å². The SMILES string of the molecule is CCCNC(=O)c1cc(N2CCCC2=O)cc(NCC)c1N(CC)c1ccccc1. The summed E-state index contributed by atoms with van der Waals surface area (Å²) >= 11 is 0. The van der Waals surface area contributed by atoms with Gasteiger partial charge in [0.05, 0.1) is 16.9 Å².